The number of nitrogens with one attached hydrogen (secondary N) is 1. The van der Waals surface area contributed by atoms with Gasteiger partial charge in [0.1, 0.15) is 23.2 Å². The first-order valence-corrected chi connectivity index (χ1v) is 11.2. The van der Waals surface area contributed by atoms with Gasteiger partial charge >= 0.3 is 0 Å². The summed E-state index contributed by atoms with van der Waals surface area (Å²) in [6.07, 6.45) is 6.28. The van der Waals surface area contributed by atoms with E-state index in [2.05, 4.69) is 30.5 Å². The number of methoxy groups -OCH3 is 1. The minimum Gasteiger partial charge on any atom is -0.497 e. The molecule has 172 valence electrons. The fourth-order valence-electron chi connectivity index (χ4n) is 4.33. The number of hydrogen-bond acceptors (Lipinski definition) is 8. The zero-order valence-corrected chi connectivity index (χ0v) is 18.6. The van der Waals surface area contributed by atoms with Crippen LogP contribution in [-0.4, -0.2) is 62.0 Å². The van der Waals surface area contributed by atoms with Gasteiger partial charge in [0.15, 0.2) is 0 Å². The van der Waals surface area contributed by atoms with Gasteiger partial charge in [-0.15, -0.1) is 5.10 Å². The predicted molar refractivity (Wildman–Crippen MR) is 118 cm³/mol. The summed E-state index contributed by atoms with van der Waals surface area (Å²) in [5.41, 5.74) is 3.45. The van der Waals surface area contributed by atoms with Gasteiger partial charge in [0.25, 0.3) is 5.91 Å². The van der Waals surface area contributed by atoms with Gasteiger partial charge in [-0.25, -0.2) is 9.67 Å². The summed E-state index contributed by atoms with van der Waals surface area (Å²) in [7, 11) is 1.66. The molecule has 5 rings (SSSR count). The second-order valence-electron chi connectivity index (χ2n) is 8.35. The van der Waals surface area contributed by atoms with Crippen LogP contribution in [0, 0.1) is 0 Å². The molecule has 2 aliphatic heterocycles. The van der Waals surface area contributed by atoms with Crippen molar-refractivity contribution >= 4 is 5.91 Å². The Bertz CT molecular complexity index is 1080. The van der Waals surface area contributed by atoms with Crippen molar-refractivity contribution < 1.29 is 14.3 Å². The molecule has 1 N–H and O–H groups in total. The van der Waals surface area contributed by atoms with E-state index in [1.165, 1.54) is 12.4 Å². The molecule has 10 heteroatoms. The average Bonchev–Trinajstić information content (AvgIpc) is 3.27. The highest BCUT2D eigenvalue weighted by molar-refractivity contribution is 5.92. The molecule has 10 nitrogen and oxygen atoms in total. The van der Waals surface area contributed by atoms with Crippen LogP contribution in [-0.2, 0) is 24.4 Å². The molecular weight excluding hydrogens is 422 g/mol. The van der Waals surface area contributed by atoms with Gasteiger partial charge in [0.05, 0.1) is 32.2 Å². The Morgan fingerprint density at radius 1 is 1.21 bits per heavy atom. The van der Waals surface area contributed by atoms with E-state index < -0.39 is 0 Å². The van der Waals surface area contributed by atoms with E-state index in [9.17, 15) is 4.79 Å². The van der Waals surface area contributed by atoms with E-state index in [1.807, 2.05) is 28.9 Å². The monoisotopic (exact) mass is 449 g/mol. The molecular formula is C23H27N7O3. The summed E-state index contributed by atoms with van der Waals surface area (Å²) in [6.45, 7) is 3.63. The lowest BCUT2D eigenvalue weighted by Gasteiger charge is -2.32. The van der Waals surface area contributed by atoms with Crippen molar-refractivity contribution in [2.24, 2.45) is 0 Å². The molecule has 33 heavy (non-hydrogen) atoms. The largest absolute Gasteiger partial charge is 0.497 e. The molecule has 0 spiro atoms. The highest BCUT2D eigenvalue weighted by Gasteiger charge is 2.27. The minimum absolute atomic E-state index is 0.0494. The first kappa shape index (κ1) is 21.5. The molecule has 0 bridgehead atoms. The third-order valence-electron chi connectivity index (χ3n) is 6.26. The van der Waals surface area contributed by atoms with E-state index in [-0.39, 0.29) is 18.1 Å². The van der Waals surface area contributed by atoms with Crippen molar-refractivity contribution in [3.8, 4) is 5.75 Å². The molecule has 3 aromatic rings. The summed E-state index contributed by atoms with van der Waals surface area (Å²) in [5, 5.41) is 11.9. The van der Waals surface area contributed by atoms with Crippen molar-refractivity contribution in [3.05, 3.63) is 65.5 Å². The average molecular weight is 450 g/mol. The number of amides is 1. The van der Waals surface area contributed by atoms with Crippen LogP contribution in [0.1, 0.15) is 46.4 Å². The lowest BCUT2D eigenvalue weighted by molar-refractivity contribution is -0.00218. The number of rotatable bonds is 6. The van der Waals surface area contributed by atoms with E-state index >= 15 is 0 Å². The summed E-state index contributed by atoms with van der Waals surface area (Å²) >= 11 is 0. The maximum Gasteiger partial charge on any atom is 0.271 e. The number of ether oxygens (including phenoxy) is 2. The van der Waals surface area contributed by atoms with Gasteiger partial charge in [-0.2, -0.15) is 0 Å². The van der Waals surface area contributed by atoms with Crippen LogP contribution in [0.2, 0.25) is 0 Å². The Morgan fingerprint density at radius 3 is 2.76 bits per heavy atom. The van der Waals surface area contributed by atoms with Gasteiger partial charge in [-0.05, 0) is 30.5 Å². The van der Waals surface area contributed by atoms with Crippen LogP contribution in [0.15, 0.2) is 42.9 Å². The number of benzene rings is 1. The van der Waals surface area contributed by atoms with Crippen molar-refractivity contribution in [1.82, 2.24) is 35.2 Å². The van der Waals surface area contributed by atoms with Crippen molar-refractivity contribution in [3.63, 3.8) is 0 Å². The van der Waals surface area contributed by atoms with Crippen LogP contribution in [0.4, 0.5) is 0 Å². The van der Waals surface area contributed by atoms with Gasteiger partial charge in [-0.1, -0.05) is 17.3 Å². The van der Waals surface area contributed by atoms with E-state index in [4.69, 9.17) is 9.47 Å². The molecule has 2 aliphatic rings. The summed E-state index contributed by atoms with van der Waals surface area (Å²) in [6, 6.07) is 8.08. The number of carbonyl (C=O) groups excluding carboxylic acids is 1. The lowest BCUT2D eigenvalue weighted by Crippen LogP contribution is -2.44. The molecule has 1 atom stereocenters. The Kier molecular flexibility index (Phi) is 6.27. The second-order valence-corrected chi connectivity index (χ2v) is 8.35. The van der Waals surface area contributed by atoms with Gasteiger partial charge in [-0.3, -0.25) is 14.7 Å². The fraction of sp³-hybridized carbons (Fsp3) is 0.435. The molecule has 0 saturated carbocycles. The summed E-state index contributed by atoms with van der Waals surface area (Å²) in [5.74, 6) is 0.660. The number of fused-ring (bicyclic) bond motifs is 1. The fourth-order valence-corrected chi connectivity index (χ4v) is 4.33. The molecule has 4 heterocycles. The molecule has 1 amide bonds. The van der Waals surface area contributed by atoms with Gasteiger partial charge in [0, 0.05) is 38.1 Å². The van der Waals surface area contributed by atoms with E-state index in [0.717, 1.165) is 55.2 Å². The highest BCUT2D eigenvalue weighted by Crippen LogP contribution is 2.28. The first-order chi connectivity index (χ1) is 16.2. The number of aromatic nitrogens is 5. The number of carbonyl (C=O) groups is 1. The quantitative estimate of drug-likeness (QED) is 0.607. The van der Waals surface area contributed by atoms with E-state index in [0.29, 0.717) is 18.8 Å². The minimum atomic E-state index is -0.169. The second kappa shape index (κ2) is 9.63. The normalized spacial score (nSPS) is 19.1. The first-order valence-electron chi connectivity index (χ1n) is 11.2. The van der Waals surface area contributed by atoms with Crippen molar-refractivity contribution in [2.75, 3.05) is 20.2 Å². The standard InChI is InChI=1S/C23H27N7O3/c1-32-18-4-2-16(3-5-18)22-14-30-21(15-33-22)20(27-28-30)13-29-10-6-17(7-11-29)26-23(31)19-12-24-8-9-25-19/h2-5,8-9,12,17,22H,6-7,10-11,13-15H2,1H3,(H,26,31)/t22-/m0/s1. The SMILES string of the molecule is COc1ccc([C@@H]2Cn3nnc(CN4CCC(NC(=O)c5cnccn5)CC4)c3CO2)cc1. The number of hydrogen-bond donors (Lipinski definition) is 1. The van der Waals surface area contributed by atoms with Gasteiger partial charge in [0.2, 0.25) is 0 Å². The molecule has 0 unspecified atom stereocenters. The number of nitrogens with zero attached hydrogens (tertiary/aromatic N) is 6. The Balaban J connectivity index is 1.14. The molecule has 1 saturated heterocycles. The van der Waals surface area contributed by atoms with Crippen LogP contribution >= 0.6 is 0 Å². The zero-order chi connectivity index (χ0) is 22.6. The lowest BCUT2D eigenvalue weighted by atomic mass is 10.0. The van der Waals surface area contributed by atoms with Crippen molar-refractivity contribution in [2.45, 2.75) is 44.7 Å². The van der Waals surface area contributed by atoms with Crippen molar-refractivity contribution in [1.29, 1.82) is 0 Å². The van der Waals surface area contributed by atoms with Crippen LogP contribution in [0.5, 0.6) is 5.75 Å². The molecule has 0 aliphatic carbocycles. The maximum absolute atomic E-state index is 12.3. The molecule has 1 aromatic carbocycles. The summed E-state index contributed by atoms with van der Waals surface area (Å²) < 4.78 is 13.3. The smallest absolute Gasteiger partial charge is 0.271 e. The molecule has 1 fully saturated rings. The number of likely N-dealkylation sites (tertiary alicyclic amines) is 1. The topological polar surface area (TPSA) is 107 Å². The van der Waals surface area contributed by atoms with E-state index in [1.54, 1.807) is 13.3 Å². The Hall–Kier alpha value is -3.37. The molecule has 0 radical (unpaired) electrons. The third kappa shape index (κ3) is 4.86. The zero-order valence-electron chi connectivity index (χ0n) is 18.6. The van der Waals surface area contributed by atoms with Crippen LogP contribution in [0.25, 0.3) is 0 Å². The van der Waals surface area contributed by atoms with Gasteiger partial charge < -0.3 is 14.8 Å². The molecule has 2 aromatic heterocycles. The summed E-state index contributed by atoms with van der Waals surface area (Å²) in [4.78, 5) is 22.7. The Morgan fingerprint density at radius 2 is 2.03 bits per heavy atom. The predicted octanol–water partition coefficient (Wildman–Crippen LogP) is 1.74. The number of piperidine rings is 1. The van der Waals surface area contributed by atoms with Crippen LogP contribution in [0.3, 0.4) is 0 Å². The maximum atomic E-state index is 12.3. The third-order valence-corrected chi connectivity index (χ3v) is 6.26. The highest BCUT2D eigenvalue weighted by atomic mass is 16.5. The Labute approximate surface area is 191 Å². The van der Waals surface area contributed by atoms with Crippen LogP contribution < -0.4 is 10.1 Å².